The maximum atomic E-state index is 12.0. The molecule has 0 atom stereocenters. The van der Waals surface area contributed by atoms with E-state index in [4.69, 9.17) is 0 Å². The van der Waals surface area contributed by atoms with Gasteiger partial charge in [0.25, 0.3) is 0 Å². The van der Waals surface area contributed by atoms with E-state index in [1.165, 1.54) is 11.8 Å². The first-order chi connectivity index (χ1) is 11.1. The molecular weight excluding hydrogens is 396 g/mol. The van der Waals surface area contributed by atoms with Crippen molar-refractivity contribution in [1.29, 1.82) is 0 Å². The van der Waals surface area contributed by atoms with Gasteiger partial charge in [-0.2, -0.15) is 0 Å². The van der Waals surface area contributed by atoms with Crippen molar-refractivity contribution in [3.8, 4) is 10.7 Å². The van der Waals surface area contributed by atoms with Crippen molar-refractivity contribution in [2.75, 3.05) is 11.1 Å². The van der Waals surface area contributed by atoms with Crippen molar-refractivity contribution >= 4 is 50.6 Å². The van der Waals surface area contributed by atoms with E-state index in [0.29, 0.717) is 5.16 Å². The number of aryl methyl sites for hydroxylation is 1. The number of carbonyl (C=O) groups excluding carboxylic acids is 1. The lowest BCUT2D eigenvalue weighted by Crippen LogP contribution is -2.14. The first-order valence-electron chi connectivity index (χ1n) is 6.77. The third-order valence-electron chi connectivity index (χ3n) is 2.95. The minimum Gasteiger partial charge on any atom is -0.324 e. The minimum atomic E-state index is -0.0953. The van der Waals surface area contributed by atoms with Gasteiger partial charge in [-0.25, -0.2) is 4.98 Å². The normalized spacial score (nSPS) is 10.7. The Balaban J connectivity index is 1.57. The fourth-order valence-electron chi connectivity index (χ4n) is 1.87. The zero-order valence-electron chi connectivity index (χ0n) is 12.2. The summed E-state index contributed by atoms with van der Waals surface area (Å²) < 4.78 is 0.869. The highest BCUT2D eigenvalue weighted by atomic mass is 79.9. The monoisotopic (exact) mass is 408 g/mol. The average Bonchev–Trinajstić information content (AvgIpc) is 3.18. The van der Waals surface area contributed by atoms with Crippen molar-refractivity contribution in [1.82, 2.24) is 15.2 Å². The van der Waals surface area contributed by atoms with E-state index in [1.807, 2.05) is 42.6 Å². The summed E-state index contributed by atoms with van der Waals surface area (Å²) in [5.74, 6) is 0.883. The SMILES string of the molecule is Cc1ccc(NC(=O)CSc2n[nH]c(-c3cccs3)n2)c(Br)c1. The van der Waals surface area contributed by atoms with Gasteiger partial charge < -0.3 is 5.32 Å². The molecule has 8 heteroatoms. The van der Waals surface area contributed by atoms with Gasteiger partial charge in [-0.3, -0.25) is 9.89 Å². The van der Waals surface area contributed by atoms with Gasteiger partial charge in [0, 0.05) is 4.47 Å². The number of benzene rings is 1. The molecule has 23 heavy (non-hydrogen) atoms. The first kappa shape index (κ1) is 16.2. The Morgan fingerprint density at radius 2 is 2.30 bits per heavy atom. The van der Waals surface area contributed by atoms with Crippen LogP contribution in [0, 0.1) is 6.92 Å². The number of nitrogens with one attached hydrogen (secondary N) is 2. The molecule has 5 nitrogen and oxygen atoms in total. The van der Waals surface area contributed by atoms with Crippen LogP contribution in [0.3, 0.4) is 0 Å². The number of H-pyrrole nitrogens is 1. The summed E-state index contributed by atoms with van der Waals surface area (Å²) >= 11 is 6.34. The summed E-state index contributed by atoms with van der Waals surface area (Å²) in [6, 6.07) is 9.73. The van der Waals surface area contributed by atoms with Gasteiger partial charge in [-0.05, 0) is 52.0 Å². The smallest absolute Gasteiger partial charge is 0.234 e. The van der Waals surface area contributed by atoms with Gasteiger partial charge >= 0.3 is 0 Å². The summed E-state index contributed by atoms with van der Waals surface area (Å²) in [5.41, 5.74) is 1.89. The lowest BCUT2D eigenvalue weighted by molar-refractivity contribution is -0.113. The fourth-order valence-corrected chi connectivity index (χ4v) is 3.73. The van der Waals surface area contributed by atoms with Crippen LogP contribution in [0.1, 0.15) is 5.56 Å². The molecule has 3 aromatic rings. The molecule has 0 unspecified atom stereocenters. The Morgan fingerprint density at radius 3 is 3.04 bits per heavy atom. The van der Waals surface area contributed by atoms with Gasteiger partial charge in [0.05, 0.1) is 16.3 Å². The van der Waals surface area contributed by atoms with Crippen LogP contribution < -0.4 is 5.32 Å². The quantitative estimate of drug-likeness (QED) is 0.616. The third kappa shape index (κ3) is 4.21. The molecule has 3 rings (SSSR count). The number of amides is 1. The average molecular weight is 409 g/mol. The molecule has 0 radical (unpaired) electrons. The predicted octanol–water partition coefficient (Wildman–Crippen LogP) is 4.33. The number of aromatic amines is 1. The van der Waals surface area contributed by atoms with Gasteiger partial charge in [0.2, 0.25) is 11.1 Å². The molecule has 118 valence electrons. The minimum absolute atomic E-state index is 0.0953. The largest absolute Gasteiger partial charge is 0.324 e. The molecule has 1 amide bonds. The predicted molar refractivity (Wildman–Crippen MR) is 97.9 cm³/mol. The molecule has 0 saturated heterocycles. The van der Waals surface area contributed by atoms with Crippen LogP contribution in [0.15, 0.2) is 45.3 Å². The number of hydrogen-bond acceptors (Lipinski definition) is 5. The second-order valence-electron chi connectivity index (χ2n) is 4.76. The van der Waals surface area contributed by atoms with Crippen LogP contribution >= 0.6 is 39.0 Å². The molecule has 0 aliphatic heterocycles. The number of thioether (sulfide) groups is 1. The topological polar surface area (TPSA) is 70.7 Å². The molecule has 0 aliphatic rings. The van der Waals surface area contributed by atoms with Gasteiger partial charge in [0.1, 0.15) is 0 Å². The van der Waals surface area contributed by atoms with E-state index >= 15 is 0 Å². The molecule has 1 aromatic carbocycles. The van der Waals surface area contributed by atoms with Crippen molar-refractivity contribution in [3.63, 3.8) is 0 Å². The summed E-state index contributed by atoms with van der Waals surface area (Å²) in [6.07, 6.45) is 0. The first-order valence-corrected chi connectivity index (χ1v) is 9.43. The lowest BCUT2D eigenvalue weighted by atomic mass is 10.2. The van der Waals surface area contributed by atoms with Crippen LogP contribution in [-0.4, -0.2) is 26.8 Å². The van der Waals surface area contributed by atoms with Crippen molar-refractivity contribution in [2.24, 2.45) is 0 Å². The second kappa shape index (κ2) is 7.29. The molecule has 0 fully saturated rings. The molecule has 0 aliphatic carbocycles. The molecule has 2 heterocycles. The maximum Gasteiger partial charge on any atom is 0.234 e. The van der Waals surface area contributed by atoms with Crippen molar-refractivity contribution < 1.29 is 4.79 Å². The van der Waals surface area contributed by atoms with Crippen molar-refractivity contribution in [2.45, 2.75) is 12.1 Å². The third-order valence-corrected chi connectivity index (χ3v) is 5.33. The van der Waals surface area contributed by atoms with Crippen molar-refractivity contribution in [3.05, 3.63) is 45.7 Å². The zero-order valence-corrected chi connectivity index (χ0v) is 15.4. The number of anilines is 1. The van der Waals surface area contributed by atoms with E-state index in [2.05, 4.69) is 36.4 Å². The number of hydrogen-bond donors (Lipinski definition) is 2. The van der Waals surface area contributed by atoms with Gasteiger partial charge in [-0.1, -0.05) is 23.9 Å². The van der Waals surface area contributed by atoms with Crippen LogP contribution in [0.2, 0.25) is 0 Å². The molecule has 2 aromatic heterocycles. The number of halogens is 1. The number of aromatic nitrogens is 3. The Labute approximate surface area is 150 Å². The second-order valence-corrected chi connectivity index (χ2v) is 7.51. The Kier molecular flexibility index (Phi) is 5.14. The van der Waals surface area contributed by atoms with Crippen LogP contribution in [0.5, 0.6) is 0 Å². The van der Waals surface area contributed by atoms with Crippen LogP contribution in [0.25, 0.3) is 10.7 Å². The van der Waals surface area contributed by atoms with Crippen LogP contribution in [0.4, 0.5) is 5.69 Å². The summed E-state index contributed by atoms with van der Waals surface area (Å²) in [4.78, 5) is 17.4. The van der Waals surface area contributed by atoms with E-state index in [1.54, 1.807) is 11.3 Å². The number of carbonyl (C=O) groups is 1. The van der Waals surface area contributed by atoms with E-state index in [9.17, 15) is 4.79 Å². The highest BCUT2D eigenvalue weighted by Crippen LogP contribution is 2.25. The van der Waals surface area contributed by atoms with E-state index in [0.717, 1.165) is 26.4 Å². The zero-order chi connectivity index (χ0) is 16.2. The summed E-state index contributed by atoms with van der Waals surface area (Å²) in [5, 5.41) is 12.4. The molecule has 2 N–H and O–H groups in total. The molecule has 0 spiro atoms. The number of thiophene rings is 1. The number of nitrogens with zero attached hydrogens (tertiary/aromatic N) is 2. The Bertz CT molecular complexity index is 817. The van der Waals surface area contributed by atoms with Gasteiger partial charge in [0.15, 0.2) is 5.82 Å². The standard InChI is InChI=1S/C15H13BrN4OS2/c1-9-4-5-11(10(16)7-9)17-13(21)8-23-15-18-14(19-20-15)12-3-2-6-22-12/h2-7H,8H2,1H3,(H,17,21)(H,18,19,20). The van der Waals surface area contributed by atoms with Crippen LogP contribution in [-0.2, 0) is 4.79 Å². The summed E-state index contributed by atoms with van der Waals surface area (Å²) in [7, 11) is 0. The number of rotatable bonds is 5. The van der Waals surface area contributed by atoms with E-state index < -0.39 is 0 Å². The highest BCUT2D eigenvalue weighted by Gasteiger charge is 2.10. The Morgan fingerprint density at radius 1 is 1.43 bits per heavy atom. The highest BCUT2D eigenvalue weighted by molar-refractivity contribution is 9.10. The fraction of sp³-hybridized carbons (Fsp3) is 0.133. The summed E-state index contributed by atoms with van der Waals surface area (Å²) in [6.45, 7) is 2.00. The maximum absolute atomic E-state index is 12.0. The Hall–Kier alpha value is -1.64. The molecule has 0 saturated carbocycles. The van der Waals surface area contributed by atoms with Gasteiger partial charge in [-0.15, -0.1) is 16.4 Å². The molecular formula is C15H13BrN4OS2. The molecule has 0 bridgehead atoms. The lowest BCUT2D eigenvalue weighted by Gasteiger charge is -2.07. The van der Waals surface area contributed by atoms with E-state index in [-0.39, 0.29) is 11.7 Å².